The normalized spacial score (nSPS) is 36.4. The quantitative estimate of drug-likeness (QED) is 0.801. The molecule has 2 heteroatoms. The lowest BCUT2D eigenvalue weighted by Crippen LogP contribution is -2.35. The average molecular weight is 238 g/mol. The molecule has 1 saturated carbocycles. The zero-order chi connectivity index (χ0) is 12.5. The summed E-state index contributed by atoms with van der Waals surface area (Å²) < 4.78 is 0. The highest BCUT2D eigenvalue weighted by molar-refractivity contribution is 4.86. The van der Waals surface area contributed by atoms with Gasteiger partial charge >= 0.3 is 0 Å². The van der Waals surface area contributed by atoms with Crippen LogP contribution >= 0.6 is 0 Å². The van der Waals surface area contributed by atoms with Crippen molar-refractivity contribution in [3.8, 4) is 0 Å². The maximum Gasteiger partial charge on any atom is 0.00419 e. The average Bonchev–Trinajstić information content (AvgIpc) is 2.65. The second-order valence-electron chi connectivity index (χ2n) is 7.40. The first-order valence-electron chi connectivity index (χ1n) is 7.43. The molecule has 1 saturated heterocycles. The molecule has 2 aliphatic rings. The van der Waals surface area contributed by atoms with Gasteiger partial charge in [0.2, 0.25) is 0 Å². The van der Waals surface area contributed by atoms with Crippen LogP contribution in [-0.4, -0.2) is 30.6 Å². The van der Waals surface area contributed by atoms with Gasteiger partial charge in [0.15, 0.2) is 0 Å². The van der Waals surface area contributed by atoms with E-state index in [1.807, 2.05) is 0 Å². The Balaban J connectivity index is 1.77. The smallest absolute Gasteiger partial charge is 0.00419 e. The van der Waals surface area contributed by atoms with Crippen LogP contribution in [0, 0.1) is 17.3 Å². The van der Waals surface area contributed by atoms with Crippen LogP contribution in [0.2, 0.25) is 0 Å². The summed E-state index contributed by atoms with van der Waals surface area (Å²) in [6.45, 7) is 11.1. The van der Waals surface area contributed by atoms with Crippen LogP contribution in [-0.2, 0) is 0 Å². The summed E-state index contributed by atoms with van der Waals surface area (Å²) in [5, 5.41) is 0. The molecule has 1 aliphatic carbocycles. The second kappa shape index (κ2) is 5.27. The van der Waals surface area contributed by atoms with Crippen LogP contribution in [0.5, 0.6) is 0 Å². The maximum atomic E-state index is 6.08. The van der Waals surface area contributed by atoms with Crippen molar-refractivity contribution >= 4 is 0 Å². The van der Waals surface area contributed by atoms with Gasteiger partial charge in [-0.15, -0.1) is 0 Å². The van der Waals surface area contributed by atoms with Crippen LogP contribution in [0.4, 0.5) is 0 Å². The molecule has 1 aliphatic heterocycles. The molecular weight excluding hydrogens is 208 g/mol. The minimum absolute atomic E-state index is 0.481. The lowest BCUT2D eigenvalue weighted by atomic mass is 9.80. The van der Waals surface area contributed by atoms with Gasteiger partial charge < -0.3 is 10.6 Å². The lowest BCUT2D eigenvalue weighted by molar-refractivity contribution is 0.192. The molecule has 17 heavy (non-hydrogen) atoms. The molecule has 1 heterocycles. The summed E-state index contributed by atoms with van der Waals surface area (Å²) in [7, 11) is 0. The summed E-state index contributed by atoms with van der Waals surface area (Å²) in [5.74, 6) is 1.76. The molecule has 2 fully saturated rings. The number of nitrogens with zero attached hydrogens (tertiary/aromatic N) is 1. The second-order valence-corrected chi connectivity index (χ2v) is 7.40. The number of hydrogen-bond acceptors (Lipinski definition) is 2. The summed E-state index contributed by atoms with van der Waals surface area (Å²) in [5.41, 5.74) is 6.56. The largest absolute Gasteiger partial charge is 0.328 e. The first kappa shape index (κ1) is 13.4. The molecule has 2 rings (SSSR count). The molecule has 0 aromatic heterocycles. The van der Waals surface area contributed by atoms with E-state index in [1.165, 1.54) is 51.7 Å². The van der Waals surface area contributed by atoms with Crippen LogP contribution in [0.15, 0.2) is 0 Å². The van der Waals surface area contributed by atoms with E-state index in [-0.39, 0.29) is 0 Å². The molecule has 3 unspecified atom stereocenters. The predicted octanol–water partition coefficient (Wildman–Crippen LogP) is 2.87. The lowest BCUT2D eigenvalue weighted by Gasteiger charge is -2.31. The topological polar surface area (TPSA) is 29.3 Å². The Bertz CT molecular complexity index is 244. The number of likely N-dealkylation sites (tertiary alicyclic amines) is 1. The number of hydrogen-bond donors (Lipinski definition) is 1. The summed E-state index contributed by atoms with van der Waals surface area (Å²) >= 11 is 0. The Morgan fingerprint density at radius 1 is 1.18 bits per heavy atom. The first-order valence-corrected chi connectivity index (χ1v) is 7.43. The highest BCUT2D eigenvalue weighted by atomic mass is 15.1. The van der Waals surface area contributed by atoms with Crippen molar-refractivity contribution < 1.29 is 0 Å². The number of nitrogens with two attached hydrogens (primary N) is 1. The van der Waals surface area contributed by atoms with Gasteiger partial charge in [-0.25, -0.2) is 0 Å². The molecule has 2 N–H and O–H groups in total. The zero-order valence-electron chi connectivity index (χ0n) is 11.9. The Labute approximate surface area is 107 Å². The van der Waals surface area contributed by atoms with E-state index in [4.69, 9.17) is 5.73 Å². The van der Waals surface area contributed by atoms with E-state index in [2.05, 4.69) is 25.7 Å². The summed E-state index contributed by atoms with van der Waals surface area (Å²) in [6.07, 6.45) is 6.66. The molecule has 2 nitrogen and oxygen atoms in total. The predicted molar refractivity (Wildman–Crippen MR) is 73.9 cm³/mol. The van der Waals surface area contributed by atoms with Gasteiger partial charge in [0.25, 0.3) is 0 Å². The van der Waals surface area contributed by atoms with E-state index in [0.717, 1.165) is 11.8 Å². The van der Waals surface area contributed by atoms with Crippen molar-refractivity contribution in [3.05, 3.63) is 0 Å². The third-order valence-electron chi connectivity index (χ3n) is 4.84. The third-order valence-corrected chi connectivity index (χ3v) is 4.84. The SMILES string of the molecule is CC(C)(C)C1CCN(CC2CCCC(N)C2)C1. The fourth-order valence-corrected chi connectivity index (χ4v) is 3.57. The third kappa shape index (κ3) is 3.69. The minimum Gasteiger partial charge on any atom is -0.328 e. The van der Waals surface area contributed by atoms with E-state index >= 15 is 0 Å². The van der Waals surface area contributed by atoms with E-state index in [1.54, 1.807) is 0 Å². The van der Waals surface area contributed by atoms with Crippen LogP contribution in [0.3, 0.4) is 0 Å². The van der Waals surface area contributed by atoms with Crippen LogP contribution in [0.1, 0.15) is 52.9 Å². The molecule has 0 radical (unpaired) electrons. The zero-order valence-corrected chi connectivity index (χ0v) is 11.9. The molecule has 0 amide bonds. The Hall–Kier alpha value is -0.0800. The molecule has 3 atom stereocenters. The van der Waals surface area contributed by atoms with Crippen molar-refractivity contribution in [1.82, 2.24) is 4.90 Å². The van der Waals surface area contributed by atoms with Gasteiger partial charge in [-0.1, -0.05) is 27.2 Å². The van der Waals surface area contributed by atoms with Crippen LogP contribution in [0.25, 0.3) is 0 Å². The molecule has 0 spiro atoms. The maximum absolute atomic E-state index is 6.08. The fourth-order valence-electron chi connectivity index (χ4n) is 3.57. The molecule has 100 valence electrons. The summed E-state index contributed by atoms with van der Waals surface area (Å²) in [6, 6.07) is 0.481. The van der Waals surface area contributed by atoms with E-state index < -0.39 is 0 Å². The van der Waals surface area contributed by atoms with Gasteiger partial charge in [-0.2, -0.15) is 0 Å². The Kier molecular flexibility index (Phi) is 4.14. The fraction of sp³-hybridized carbons (Fsp3) is 1.00. The van der Waals surface area contributed by atoms with Crippen molar-refractivity contribution in [2.45, 2.75) is 58.9 Å². The van der Waals surface area contributed by atoms with E-state index in [9.17, 15) is 0 Å². The first-order chi connectivity index (χ1) is 7.95. The Morgan fingerprint density at radius 3 is 2.53 bits per heavy atom. The molecule has 0 aromatic carbocycles. The monoisotopic (exact) mass is 238 g/mol. The standard InChI is InChI=1S/C15H30N2/c1-15(2,3)13-7-8-17(11-13)10-12-5-4-6-14(16)9-12/h12-14H,4-11,16H2,1-3H3. The van der Waals surface area contributed by atoms with Gasteiger partial charge in [0.05, 0.1) is 0 Å². The molecule has 0 bridgehead atoms. The van der Waals surface area contributed by atoms with Gasteiger partial charge in [0.1, 0.15) is 0 Å². The summed E-state index contributed by atoms with van der Waals surface area (Å²) in [4.78, 5) is 2.69. The van der Waals surface area contributed by atoms with E-state index in [0.29, 0.717) is 11.5 Å². The van der Waals surface area contributed by atoms with Crippen molar-refractivity contribution in [2.24, 2.45) is 23.0 Å². The van der Waals surface area contributed by atoms with Gasteiger partial charge in [-0.3, -0.25) is 0 Å². The molecular formula is C15H30N2. The highest BCUT2D eigenvalue weighted by Gasteiger charge is 2.33. The minimum atomic E-state index is 0.481. The van der Waals surface area contributed by atoms with Crippen LogP contribution < -0.4 is 5.73 Å². The number of rotatable bonds is 2. The van der Waals surface area contributed by atoms with Gasteiger partial charge in [-0.05, 0) is 49.5 Å². The Morgan fingerprint density at radius 2 is 1.94 bits per heavy atom. The van der Waals surface area contributed by atoms with Crippen molar-refractivity contribution in [2.75, 3.05) is 19.6 Å². The highest BCUT2D eigenvalue weighted by Crippen LogP contribution is 2.34. The van der Waals surface area contributed by atoms with Crippen molar-refractivity contribution in [3.63, 3.8) is 0 Å². The van der Waals surface area contributed by atoms with Crippen molar-refractivity contribution in [1.29, 1.82) is 0 Å². The molecule has 0 aromatic rings. The van der Waals surface area contributed by atoms with Gasteiger partial charge in [0, 0.05) is 19.1 Å².